The highest BCUT2D eigenvalue weighted by Gasteiger charge is 2.08. The quantitative estimate of drug-likeness (QED) is 0.872. The van der Waals surface area contributed by atoms with Crippen molar-refractivity contribution in [3.63, 3.8) is 0 Å². The standard InChI is InChI=1S/C15H14ClF2N/c1-10(12-5-6-15(18)14(16)8-12)19-9-11-3-2-4-13(17)7-11/h2-8,10,19H,9H2,1H3. The number of rotatable bonds is 4. The maximum Gasteiger partial charge on any atom is 0.141 e. The number of hydrogen-bond acceptors (Lipinski definition) is 1. The zero-order valence-corrected chi connectivity index (χ0v) is 11.2. The van der Waals surface area contributed by atoms with Gasteiger partial charge in [0.2, 0.25) is 0 Å². The molecule has 0 fully saturated rings. The zero-order chi connectivity index (χ0) is 13.8. The summed E-state index contributed by atoms with van der Waals surface area (Å²) in [5.74, 6) is -0.681. The van der Waals surface area contributed by atoms with Crippen LogP contribution in [0.3, 0.4) is 0 Å². The average Bonchev–Trinajstić information content (AvgIpc) is 2.39. The predicted octanol–water partition coefficient (Wildman–Crippen LogP) is 4.47. The monoisotopic (exact) mass is 281 g/mol. The normalized spacial score (nSPS) is 12.4. The molecule has 0 heterocycles. The van der Waals surface area contributed by atoms with Crippen molar-refractivity contribution in [1.82, 2.24) is 5.32 Å². The van der Waals surface area contributed by atoms with E-state index >= 15 is 0 Å². The molecule has 0 spiro atoms. The van der Waals surface area contributed by atoms with Crippen molar-refractivity contribution in [3.8, 4) is 0 Å². The maximum absolute atomic E-state index is 13.1. The Morgan fingerprint density at radius 1 is 1.16 bits per heavy atom. The van der Waals surface area contributed by atoms with Gasteiger partial charge in [-0.1, -0.05) is 29.8 Å². The van der Waals surface area contributed by atoms with Crippen molar-refractivity contribution < 1.29 is 8.78 Å². The Balaban J connectivity index is 2.01. The second-order valence-electron chi connectivity index (χ2n) is 4.41. The molecule has 0 saturated carbocycles. The lowest BCUT2D eigenvalue weighted by molar-refractivity contribution is 0.566. The van der Waals surface area contributed by atoms with Gasteiger partial charge in [-0.3, -0.25) is 0 Å². The van der Waals surface area contributed by atoms with E-state index in [4.69, 9.17) is 11.6 Å². The number of nitrogens with one attached hydrogen (secondary N) is 1. The Hall–Kier alpha value is -1.45. The molecular weight excluding hydrogens is 268 g/mol. The van der Waals surface area contributed by atoms with Gasteiger partial charge >= 0.3 is 0 Å². The Kier molecular flexibility index (Phi) is 4.51. The predicted molar refractivity (Wildman–Crippen MR) is 73.1 cm³/mol. The molecule has 0 saturated heterocycles. The first-order valence-corrected chi connectivity index (χ1v) is 6.37. The first kappa shape index (κ1) is 14.0. The van der Waals surface area contributed by atoms with Crippen LogP contribution in [-0.4, -0.2) is 0 Å². The van der Waals surface area contributed by atoms with Crippen molar-refractivity contribution in [2.45, 2.75) is 19.5 Å². The molecule has 2 rings (SSSR count). The minimum absolute atomic E-state index is 0.00127. The van der Waals surface area contributed by atoms with E-state index < -0.39 is 5.82 Å². The summed E-state index contributed by atoms with van der Waals surface area (Å²) in [5.41, 5.74) is 1.75. The molecule has 2 aromatic carbocycles. The van der Waals surface area contributed by atoms with Gasteiger partial charge in [0.05, 0.1) is 5.02 Å². The van der Waals surface area contributed by atoms with Gasteiger partial charge in [-0.15, -0.1) is 0 Å². The fraction of sp³-hybridized carbons (Fsp3) is 0.200. The fourth-order valence-electron chi connectivity index (χ4n) is 1.82. The molecule has 0 bridgehead atoms. The van der Waals surface area contributed by atoms with E-state index in [1.807, 2.05) is 13.0 Å². The van der Waals surface area contributed by atoms with Gasteiger partial charge in [0.1, 0.15) is 11.6 Å². The summed E-state index contributed by atoms with van der Waals surface area (Å²) >= 11 is 5.74. The van der Waals surface area contributed by atoms with Crippen LogP contribution in [0.4, 0.5) is 8.78 Å². The van der Waals surface area contributed by atoms with Crippen LogP contribution in [0.25, 0.3) is 0 Å². The molecule has 19 heavy (non-hydrogen) atoms. The van der Waals surface area contributed by atoms with Gasteiger partial charge in [0.25, 0.3) is 0 Å². The van der Waals surface area contributed by atoms with Gasteiger partial charge < -0.3 is 5.32 Å². The highest BCUT2D eigenvalue weighted by molar-refractivity contribution is 6.30. The molecule has 0 aliphatic carbocycles. The lowest BCUT2D eigenvalue weighted by Crippen LogP contribution is -2.18. The van der Waals surface area contributed by atoms with E-state index in [0.29, 0.717) is 6.54 Å². The van der Waals surface area contributed by atoms with E-state index in [-0.39, 0.29) is 16.9 Å². The molecular formula is C15H14ClF2N. The summed E-state index contributed by atoms with van der Waals surface area (Å²) in [6, 6.07) is 11.0. The van der Waals surface area contributed by atoms with Crippen molar-refractivity contribution in [3.05, 3.63) is 70.2 Å². The van der Waals surface area contributed by atoms with E-state index in [1.165, 1.54) is 18.2 Å². The topological polar surface area (TPSA) is 12.0 Å². The summed E-state index contributed by atoms with van der Waals surface area (Å²) < 4.78 is 26.1. The summed E-state index contributed by atoms with van der Waals surface area (Å²) in [7, 11) is 0. The Labute approximate surface area is 116 Å². The molecule has 1 nitrogen and oxygen atoms in total. The largest absolute Gasteiger partial charge is 0.306 e. The summed E-state index contributed by atoms with van der Waals surface area (Å²) in [5, 5.41) is 3.35. The third kappa shape index (κ3) is 3.75. The molecule has 100 valence electrons. The van der Waals surface area contributed by atoms with Crippen LogP contribution in [0.5, 0.6) is 0 Å². The Bertz CT molecular complexity index is 572. The lowest BCUT2D eigenvalue weighted by Gasteiger charge is -2.15. The van der Waals surface area contributed by atoms with Gasteiger partial charge in [-0.2, -0.15) is 0 Å². The zero-order valence-electron chi connectivity index (χ0n) is 10.5. The fourth-order valence-corrected chi connectivity index (χ4v) is 2.01. The highest BCUT2D eigenvalue weighted by atomic mass is 35.5. The third-order valence-corrected chi connectivity index (χ3v) is 3.23. The van der Waals surface area contributed by atoms with Crippen LogP contribution in [-0.2, 0) is 6.54 Å². The second kappa shape index (κ2) is 6.13. The first-order chi connectivity index (χ1) is 9.06. The summed E-state index contributed by atoms with van der Waals surface area (Å²) in [4.78, 5) is 0. The van der Waals surface area contributed by atoms with Crippen molar-refractivity contribution in [2.75, 3.05) is 0 Å². The van der Waals surface area contributed by atoms with Crippen molar-refractivity contribution >= 4 is 11.6 Å². The Morgan fingerprint density at radius 3 is 2.63 bits per heavy atom. The Morgan fingerprint density at radius 2 is 1.95 bits per heavy atom. The molecule has 2 aromatic rings. The van der Waals surface area contributed by atoms with Crippen LogP contribution in [0, 0.1) is 11.6 Å². The molecule has 4 heteroatoms. The molecule has 1 N–H and O–H groups in total. The molecule has 0 amide bonds. The van der Waals surface area contributed by atoms with Crippen molar-refractivity contribution in [2.24, 2.45) is 0 Å². The lowest BCUT2D eigenvalue weighted by atomic mass is 10.1. The van der Waals surface area contributed by atoms with E-state index in [2.05, 4.69) is 5.32 Å². The first-order valence-electron chi connectivity index (χ1n) is 5.99. The van der Waals surface area contributed by atoms with E-state index in [1.54, 1.807) is 18.2 Å². The third-order valence-electron chi connectivity index (χ3n) is 2.95. The van der Waals surface area contributed by atoms with E-state index in [9.17, 15) is 8.78 Å². The molecule has 0 aliphatic rings. The molecule has 1 unspecified atom stereocenters. The van der Waals surface area contributed by atoms with Gasteiger partial charge in [-0.05, 0) is 42.3 Å². The van der Waals surface area contributed by atoms with Gasteiger partial charge in [0.15, 0.2) is 0 Å². The molecule has 1 atom stereocenters. The summed E-state index contributed by atoms with van der Waals surface area (Å²) in [6.07, 6.45) is 0. The average molecular weight is 282 g/mol. The van der Waals surface area contributed by atoms with Crippen LogP contribution >= 0.6 is 11.6 Å². The van der Waals surface area contributed by atoms with Crippen LogP contribution in [0.1, 0.15) is 24.1 Å². The van der Waals surface area contributed by atoms with Crippen molar-refractivity contribution in [1.29, 1.82) is 0 Å². The second-order valence-corrected chi connectivity index (χ2v) is 4.81. The van der Waals surface area contributed by atoms with Crippen LogP contribution in [0.15, 0.2) is 42.5 Å². The number of halogens is 3. The smallest absolute Gasteiger partial charge is 0.141 e. The summed E-state index contributed by atoms with van der Waals surface area (Å²) in [6.45, 7) is 2.48. The van der Waals surface area contributed by atoms with Crippen LogP contribution in [0.2, 0.25) is 5.02 Å². The minimum atomic E-state index is -0.428. The molecule has 0 aliphatic heterocycles. The minimum Gasteiger partial charge on any atom is -0.306 e. The van der Waals surface area contributed by atoms with Gasteiger partial charge in [0, 0.05) is 12.6 Å². The van der Waals surface area contributed by atoms with Crippen LogP contribution < -0.4 is 5.32 Å². The number of hydrogen-bond donors (Lipinski definition) is 1. The molecule has 0 aromatic heterocycles. The SMILES string of the molecule is CC(NCc1cccc(F)c1)c1ccc(F)c(Cl)c1. The maximum atomic E-state index is 13.1. The number of benzene rings is 2. The molecule has 0 radical (unpaired) electrons. The highest BCUT2D eigenvalue weighted by Crippen LogP contribution is 2.21. The van der Waals surface area contributed by atoms with E-state index in [0.717, 1.165) is 11.1 Å². The van der Waals surface area contributed by atoms with Gasteiger partial charge in [-0.25, -0.2) is 8.78 Å².